The maximum absolute atomic E-state index is 12.4. The quantitative estimate of drug-likeness (QED) is 0.113. The molecule has 0 N–H and O–H groups in total. The molecule has 3 radical (unpaired) electrons. The van der Waals surface area contributed by atoms with Crippen LogP contribution in [0.5, 0.6) is 0 Å². The van der Waals surface area contributed by atoms with Crippen molar-refractivity contribution in [1.29, 1.82) is 0 Å². The molecule has 37 heavy (non-hydrogen) atoms. The van der Waals surface area contributed by atoms with E-state index in [0.717, 1.165) is 5.56 Å². The Morgan fingerprint density at radius 3 is 1.89 bits per heavy atom. The van der Waals surface area contributed by atoms with Crippen molar-refractivity contribution in [3.8, 4) is 0 Å². The first kappa shape index (κ1) is 41.4. The Morgan fingerprint density at radius 1 is 0.784 bits per heavy atom. The minimum atomic E-state index is -0.542. The number of ketones is 2. The zero-order chi connectivity index (χ0) is 23.2. The Kier molecular flexibility index (Phi) is 26.4. The van der Waals surface area contributed by atoms with Crippen LogP contribution in [0.1, 0.15) is 84.7 Å². The fraction of sp³-hybridized carbons (Fsp3) is 0.500. The second-order valence-corrected chi connectivity index (χ2v) is 7.73. The number of rotatable bonds is 15. The van der Waals surface area contributed by atoms with E-state index in [9.17, 15) is 14.4 Å². The van der Waals surface area contributed by atoms with E-state index >= 15 is 0 Å². The van der Waals surface area contributed by atoms with Gasteiger partial charge in [-0.3, -0.25) is 14.4 Å². The molecule has 0 bridgehead atoms. The number of ether oxygens (including phenoxy) is 3. The van der Waals surface area contributed by atoms with Gasteiger partial charge >= 0.3 is 5.97 Å². The number of methoxy groups -OCH3 is 1. The van der Waals surface area contributed by atoms with Crippen LogP contribution in [0, 0.1) is 0 Å². The summed E-state index contributed by atoms with van der Waals surface area (Å²) in [5.41, 5.74) is 1.70. The predicted octanol–water partition coefficient (Wildman–Crippen LogP) is 6.72. The smallest absolute Gasteiger partial charge is 0.308 e. The lowest BCUT2D eigenvalue weighted by molar-refractivity contribution is -0.153. The van der Waals surface area contributed by atoms with Gasteiger partial charge in [-0.1, -0.05) is 90.4 Å². The highest BCUT2D eigenvalue weighted by Crippen LogP contribution is 2.14. The maximum Gasteiger partial charge on any atom is 0.308 e. The van der Waals surface area contributed by atoms with Crippen LogP contribution >= 0.6 is 0 Å². The van der Waals surface area contributed by atoms with Crippen molar-refractivity contribution >= 4 is 25.9 Å². The van der Waals surface area contributed by atoms with Crippen LogP contribution in [-0.4, -0.2) is 51.9 Å². The fourth-order valence-electron chi connectivity index (χ4n) is 3.29. The Balaban J connectivity index is -0.00000109. The number of hydrogen-bond acceptors (Lipinski definition) is 6. The highest BCUT2D eigenvalue weighted by atomic mass is 16.5. The van der Waals surface area contributed by atoms with E-state index in [2.05, 4.69) is 0 Å². The summed E-state index contributed by atoms with van der Waals surface area (Å²) in [6.45, 7) is 2.31. The third-order valence-corrected chi connectivity index (χ3v) is 5.03. The molecule has 7 heteroatoms. The van der Waals surface area contributed by atoms with E-state index in [1.807, 2.05) is 48.5 Å². The first-order chi connectivity index (χ1) is 15.5. The first-order valence-corrected chi connectivity index (χ1v) is 10.9. The molecule has 0 saturated carbocycles. The second kappa shape index (κ2) is 23.6. The molecular weight excluding hydrogens is 467 g/mol. The van der Waals surface area contributed by atoms with Crippen molar-refractivity contribution in [1.82, 2.24) is 0 Å². The minimum absolute atomic E-state index is 0. The third-order valence-electron chi connectivity index (χ3n) is 5.03. The number of esters is 1. The largest absolute Gasteiger partial charge is 0.462 e. The molecule has 0 aliphatic heterocycles. The van der Waals surface area contributed by atoms with Gasteiger partial charge in [0.1, 0.15) is 11.9 Å². The molecule has 0 aliphatic carbocycles. The van der Waals surface area contributed by atoms with Crippen molar-refractivity contribution in [3.05, 3.63) is 71.8 Å². The zero-order valence-corrected chi connectivity index (χ0v) is 19.4. The summed E-state index contributed by atoms with van der Waals surface area (Å²) in [6.07, 6.45) is 0.323. The van der Waals surface area contributed by atoms with Gasteiger partial charge in [0.2, 0.25) is 0 Å². The van der Waals surface area contributed by atoms with Crippen LogP contribution < -0.4 is 0 Å². The summed E-state index contributed by atoms with van der Waals surface area (Å²) in [5.74, 6) is -0.494. The van der Waals surface area contributed by atoms with Crippen molar-refractivity contribution < 1.29 is 28.6 Å². The lowest BCUT2D eigenvalue weighted by Crippen LogP contribution is -2.26. The lowest BCUT2D eigenvalue weighted by atomic mass is 10.0. The number of carbonyl (C=O) groups excluding carboxylic acids is 3. The average Bonchev–Trinajstić information content (AvgIpc) is 2.80. The Bertz CT molecular complexity index is 842. The highest BCUT2D eigenvalue weighted by Gasteiger charge is 2.21. The Morgan fingerprint density at radius 2 is 1.35 bits per heavy atom. The zero-order valence-electron chi connectivity index (χ0n) is 19.4. The number of Topliss-reactive ketones (excluding diaryl/α,β-unsaturated/α-hetero) is 2. The molecule has 6 nitrogen and oxygen atoms in total. The second-order valence-electron chi connectivity index (χ2n) is 7.73. The molecule has 2 rings (SSSR count). The van der Waals surface area contributed by atoms with Gasteiger partial charge in [0, 0.05) is 40.3 Å². The van der Waals surface area contributed by atoms with E-state index in [1.165, 1.54) is 14.0 Å². The van der Waals surface area contributed by atoms with E-state index < -0.39 is 18.2 Å². The van der Waals surface area contributed by atoms with Crippen molar-refractivity contribution in [2.45, 2.75) is 87.5 Å². The van der Waals surface area contributed by atoms with Crippen LogP contribution in [-0.2, 0) is 30.4 Å². The Hall–Kier alpha value is -2.77. The van der Waals surface area contributed by atoms with Crippen LogP contribution in [0.3, 0.4) is 0 Å². The van der Waals surface area contributed by atoms with E-state index in [4.69, 9.17) is 14.2 Å². The molecule has 0 fully saturated rings. The van der Waals surface area contributed by atoms with Crippen molar-refractivity contribution in [2.75, 3.05) is 13.7 Å². The molecule has 207 valence electrons. The Labute approximate surface area is 227 Å². The molecule has 0 spiro atoms. The van der Waals surface area contributed by atoms with E-state index in [-0.39, 0.29) is 68.9 Å². The van der Waals surface area contributed by atoms with Crippen LogP contribution in [0.25, 0.3) is 0 Å². The molecule has 2 aromatic rings. The summed E-state index contributed by atoms with van der Waals surface area (Å²) in [7, 11) is 1.51. The van der Waals surface area contributed by atoms with Crippen molar-refractivity contribution in [3.63, 3.8) is 0 Å². The van der Waals surface area contributed by atoms with Crippen molar-refractivity contribution in [2.24, 2.45) is 0 Å². The van der Waals surface area contributed by atoms with E-state index in [0.29, 0.717) is 31.6 Å². The van der Waals surface area contributed by atoms with Gasteiger partial charge in [-0.2, -0.15) is 0 Å². The SMILES string of the molecule is C.C.C.C.COC(CCC(=O)c1ccccc1)CC(=O)OC(CCOCc1ccccc1)CC(C)=O.[B]. The fourth-order valence-corrected chi connectivity index (χ4v) is 3.29. The van der Waals surface area contributed by atoms with E-state index in [1.54, 1.807) is 12.1 Å². The normalized spacial score (nSPS) is 11.0. The minimum Gasteiger partial charge on any atom is -0.462 e. The van der Waals surface area contributed by atoms with Gasteiger partial charge in [-0.05, 0) is 18.9 Å². The number of benzene rings is 2. The van der Waals surface area contributed by atoms with Crippen LogP contribution in [0.2, 0.25) is 0 Å². The molecule has 2 aromatic carbocycles. The highest BCUT2D eigenvalue weighted by molar-refractivity contribution is 5.96. The average molecular weight is 516 g/mol. The van der Waals surface area contributed by atoms with Gasteiger partial charge in [-0.15, -0.1) is 0 Å². The van der Waals surface area contributed by atoms with Gasteiger partial charge in [-0.25, -0.2) is 0 Å². The van der Waals surface area contributed by atoms with Gasteiger partial charge in [0.05, 0.1) is 25.7 Å². The van der Waals surface area contributed by atoms with Crippen LogP contribution in [0.4, 0.5) is 0 Å². The molecular formula is C30H48BO6. The van der Waals surface area contributed by atoms with Gasteiger partial charge in [0.15, 0.2) is 5.78 Å². The molecule has 0 aromatic heterocycles. The van der Waals surface area contributed by atoms with Gasteiger partial charge < -0.3 is 14.2 Å². The molecule has 0 aliphatic rings. The molecule has 0 amide bonds. The summed E-state index contributed by atoms with van der Waals surface area (Å²) in [4.78, 5) is 36.3. The summed E-state index contributed by atoms with van der Waals surface area (Å²) < 4.78 is 16.6. The molecule has 2 unspecified atom stereocenters. The lowest BCUT2D eigenvalue weighted by Gasteiger charge is -2.19. The maximum atomic E-state index is 12.4. The third kappa shape index (κ3) is 17.3. The standard InChI is InChI=1S/C26H32O6.4CH4.B/c1-20(27)17-24(15-16-31-19-21-9-5-3-6-10-21)32-26(29)18-23(30-2)13-14-25(28)22-11-7-4-8-12-22;;;;;/h3-12,23-24H,13-19H2,1-2H3;4*1H4;. The monoisotopic (exact) mass is 515 g/mol. The van der Waals surface area contributed by atoms with Crippen LogP contribution in [0.15, 0.2) is 60.7 Å². The number of carbonyl (C=O) groups is 3. The summed E-state index contributed by atoms with van der Waals surface area (Å²) in [6, 6.07) is 18.8. The first-order valence-electron chi connectivity index (χ1n) is 10.9. The molecule has 0 saturated heterocycles. The predicted molar refractivity (Wildman–Crippen MR) is 154 cm³/mol. The number of hydrogen-bond donors (Lipinski definition) is 0. The topological polar surface area (TPSA) is 78.9 Å². The summed E-state index contributed by atoms with van der Waals surface area (Å²) >= 11 is 0. The summed E-state index contributed by atoms with van der Waals surface area (Å²) in [5, 5.41) is 0. The molecule has 2 atom stereocenters. The molecule has 0 heterocycles. The van der Waals surface area contributed by atoms with Gasteiger partial charge in [0.25, 0.3) is 0 Å².